The number of aromatic nitrogens is 1. The van der Waals surface area contributed by atoms with E-state index in [0.29, 0.717) is 33.8 Å². The normalized spacial score (nSPS) is 11.5. The van der Waals surface area contributed by atoms with Gasteiger partial charge in [0.1, 0.15) is 17.1 Å². The molecule has 0 amide bonds. The first kappa shape index (κ1) is 17.5. The van der Waals surface area contributed by atoms with Crippen LogP contribution in [0.15, 0.2) is 64.0 Å². The molecule has 0 saturated carbocycles. The average molecular weight is 401 g/mol. The number of halogens is 3. The number of nitrogens with zero attached hydrogens (tertiary/aromatic N) is 2. The van der Waals surface area contributed by atoms with E-state index in [0.717, 1.165) is 0 Å². The standard InChI is InChI=1S/C20H11Cl2FN2O2/c21-15-3-1-2-11(19(15)26)10-24-13-5-7-18-17(9-13)25-20(27-18)14-6-4-12(23)8-16(14)22/h1-10,26H. The molecule has 4 rings (SSSR count). The molecule has 27 heavy (non-hydrogen) atoms. The Balaban J connectivity index is 1.68. The maximum atomic E-state index is 13.2. The van der Waals surface area contributed by atoms with Crippen molar-refractivity contribution in [2.45, 2.75) is 0 Å². The summed E-state index contributed by atoms with van der Waals surface area (Å²) in [5.41, 5.74) is 2.75. The topological polar surface area (TPSA) is 58.6 Å². The molecule has 1 heterocycles. The molecule has 4 aromatic rings. The molecule has 0 fully saturated rings. The highest BCUT2D eigenvalue weighted by Gasteiger charge is 2.12. The van der Waals surface area contributed by atoms with Crippen LogP contribution in [0.2, 0.25) is 10.0 Å². The Hall–Kier alpha value is -2.89. The van der Waals surface area contributed by atoms with Gasteiger partial charge in [0.25, 0.3) is 0 Å². The van der Waals surface area contributed by atoms with Crippen LogP contribution in [0.5, 0.6) is 5.75 Å². The van der Waals surface area contributed by atoms with Gasteiger partial charge >= 0.3 is 0 Å². The molecule has 0 radical (unpaired) electrons. The van der Waals surface area contributed by atoms with Gasteiger partial charge in [-0.2, -0.15) is 0 Å². The maximum Gasteiger partial charge on any atom is 0.228 e. The Bertz CT molecular complexity index is 1190. The fourth-order valence-corrected chi connectivity index (χ4v) is 2.98. The van der Waals surface area contributed by atoms with Crippen LogP contribution < -0.4 is 0 Å². The number of aliphatic imine (C=N–C) groups is 1. The molecule has 0 saturated heterocycles. The Labute approximate surface area is 163 Å². The molecule has 3 aromatic carbocycles. The van der Waals surface area contributed by atoms with Gasteiger partial charge in [-0.25, -0.2) is 9.37 Å². The lowest BCUT2D eigenvalue weighted by Gasteiger charge is -2.00. The third kappa shape index (κ3) is 3.52. The minimum absolute atomic E-state index is 0.0290. The van der Waals surface area contributed by atoms with Crippen LogP contribution in [0.4, 0.5) is 10.1 Å². The van der Waals surface area contributed by atoms with Crippen LogP contribution in [0.1, 0.15) is 5.56 Å². The summed E-state index contributed by atoms with van der Waals surface area (Å²) < 4.78 is 18.9. The first-order valence-corrected chi connectivity index (χ1v) is 8.64. The number of rotatable bonds is 3. The van der Waals surface area contributed by atoms with Gasteiger partial charge in [0, 0.05) is 11.8 Å². The molecule has 134 valence electrons. The molecule has 0 aliphatic carbocycles. The number of phenolic OH excluding ortho intramolecular Hbond substituents is 1. The average Bonchev–Trinajstić information content (AvgIpc) is 3.06. The second-order valence-electron chi connectivity index (χ2n) is 5.73. The minimum atomic E-state index is -0.430. The van der Waals surface area contributed by atoms with Crippen molar-refractivity contribution in [2.24, 2.45) is 4.99 Å². The van der Waals surface area contributed by atoms with Gasteiger partial charge in [-0.15, -0.1) is 0 Å². The van der Waals surface area contributed by atoms with Gasteiger partial charge in [0.15, 0.2) is 5.58 Å². The SMILES string of the molecule is Oc1c(Cl)cccc1C=Nc1ccc2oc(-c3ccc(F)cc3Cl)nc2c1. The molecule has 0 aliphatic rings. The summed E-state index contributed by atoms with van der Waals surface area (Å²) in [6, 6.07) is 14.3. The number of oxazole rings is 1. The van der Waals surface area contributed by atoms with E-state index in [2.05, 4.69) is 9.98 Å². The zero-order chi connectivity index (χ0) is 19.0. The van der Waals surface area contributed by atoms with Gasteiger partial charge in [-0.05, 0) is 48.5 Å². The number of benzene rings is 3. The van der Waals surface area contributed by atoms with Crippen LogP contribution in [-0.2, 0) is 0 Å². The zero-order valence-corrected chi connectivity index (χ0v) is 15.2. The third-order valence-corrected chi connectivity index (χ3v) is 4.52. The third-order valence-electron chi connectivity index (χ3n) is 3.90. The monoisotopic (exact) mass is 400 g/mol. The molecule has 1 aromatic heterocycles. The van der Waals surface area contributed by atoms with Gasteiger partial charge in [-0.3, -0.25) is 4.99 Å². The van der Waals surface area contributed by atoms with Crippen molar-refractivity contribution in [1.82, 2.24) is 4.98 Å². The summed E-state index contributed by atoms with van der Waals surface area (Å²) in [5, 5.41) is 10.4. The first-order chi connectivity index (χ1) is 13.0. The minimum Gasteiger partial charge on any atom is -0.506 e. The molecule has 0 aliphatic heterocycles. The van der Waals surface area contributed by atoms with E-state index >= 15 is 0 Å². The number of fused-ring (bicyclic) bond motifs is 1. The van der Waals surface area contributed by atoms with Crippen molar-refractivity contribution < 1.29 is 13.9 Å². The Morgan fingerprint density at radius 2 is 1.89 bits per heavy atom. The van der Waals surface area contributed by atoms with Crippen LogP contribution in [0.25, 0.3) is 22.6 Å². The summed E-state index contributed by atoms with van der Waals surface area (Å²) >= 11 is 12.0. The molecule has 7 heteroatoms. The van der Waals surface area contributed by atoms with E-state index in [9.17, 15) is 9.50 Å². The highest BCUT2D eigenvalue weighted by molar-refractivity contribution is 6.33. The van der Waals surface area contributed by atoms with Crippen LogP contribution in [0.3, 0.4) is 0 Å². The Morgan fingerprint density at radius 3 is 2.70 bits per heavy atom. The predicted octanol–water partition coefficient (Wildman–Crippen LogP) is 6.40. The molecule has 0 atom stereocenters. The largest absolute Gasteiger partial charge is 0.506 e. The lowest BCUT2D eigenvalue weighted by molar-refractivity contribution is 0.475. The molecule has 0 bridgehead atoms. The highest BCUT2D eigenvalue weighted by Crippen LogP contribution is 2.32. The molecule has 1 N–H and O–H groups in total. The van der Waals surface area contributed by atoms with Crippen LogP contribution >= 0.6 is 23.2 Å². The van der Waals surface area contributed by atoms with Crippen LogP contribution in [-0.4, -0.2) is 16.3 Å². The summed E-state index contributed by atoms with van der Waals surface area (Å²) in [7, 11) is 0. The second-order valence-corrected chi connectivity index (χ2v) is 6.55. The lowest BCUT2D eigenvalue weighted by Crippen LogP contribution is -1.82. The Morgan fingerprint density at radius 1 is 1.04 bits per heavy atom. The van der Waals surface area contributed by atoms with Gasteiger partial charge < -0.3 is 9.52 Å². The number of hydrogen-bond donors (Lipinski definition) is 1. The first-order valence-electron chi connectivity index (χ1n) is 7.89. The van der Waals surface area contributed by atoms with E-state index in [1.165, 1.54) is 24.4 Å². The number of para-hydroxylation sites is 1. The zero-order valence-electron chi connectivity index (χ0n) is 13.7. The molecule has 4 nitrogen and oxygen atoms in total. The van der Waals surface area contributed by atoms with Crippen molar-refractivity contribution in [3.8, 4) is 17.2 Å². The fourth-order valence-electron chi connectivity index (χ4n) is 2.55. The summed E-state index contributed by atoms with van der Waals surface area (Å²) in [6.07, 6.45) is 1.51. The summed E-state index contributed by atoms with van der Waals surface area (Å²) in [6.45, 7) is 0. The second kappa shape index (κ2) is 7.02. The Kier molecular flexibility index (Phi) is 4.56. The van der Waals surface area contributed by atoms with E-state index < -0.39 is 5.82 Å². The van der Waals surface area contributed by atoms with E-state index in [-0.39, 0.29) is 15.8 Å². The highest BCUT2D eigenvalue weighted by atomic mass is 35.5. The van der Waals surface area contributed by atoms with E-state index in [1.54, 1.807) is 36.4 Å². The number of phenols is 1. The van der Waals surface area contributed by atoms with Crippen molar-refractivity contribution in [1.29, 1.82) is 0 Å². The molecular formula is C20H11Cl2FN2O2. The van der Waals surface area contributed by atoms with Crippen molar-refractivity contribution in [3.05, 3.63) is 76.0 Å². The molecular weight excluding hydrogens is 390 g/mol. The van der Waals surface area contributed by atoms with Gasteiger partial charge in [-0.1, -0.05) is 29.3 Å². The number of aromatic hydroxyl groups is 1. The van der Waals surface area contributed by atoms with E-state index in [4.69, 9.17) is 27.6 Å². The lowest BCUT2D eigenvalue weighted by atomic mass is 10.2. The van der Waals surface area contributed by atoms with Gasteiger partial charge in [0.05, 0.1) is 21.3 Å². The summed E-state index contributed by atoms with van der Waals surface area (Å²) in [4.78, 5) is 8.74. The smallest absolute Gasteiger partial charge is 0.228 e. The van der Waals surface area contributed by atoms with E-state index in [1.807, 2.05) is 0 Å². The maximum absolute atomic E-state index is 13.2. The molecule has 0 unspecified atom stereocenters. The van der Waals surface area contributed by atoms with Crippen LogP contribution in [0, 0.1) is 5.82 Å². The molecule has 0 spiro atoms. The van der Waals surface area contributed by atoms with Crippen molar-refractivity contribution >= 4 is 46.2 Å². The fraction of sp³-hybridized carbons (Fsp3) is 0. The van der Waals surface area contributed by atoms with Crippen molar-refractivity contribution in [2.75, 3.05) is 0 Å². The number of hydrogen-bond acceptors (Lipinski definition) is 4. The summed E-state index contributed by atoms with van der Waals surface area (Å²) in [5.74, 6) is -0.164. The predicted molar refractivity (Wildman–Crippen MR) is 105 cm³/mol. The van der Waals surface area contributed by atoms with Gasteiger partial charge in [0.2, 0.25) is 5.89 Å². The van der Waals surface area contributed by atoms with Crippen molar-refractivity contribution in [3.63, 3.8) is 0 Å². The quantitative estimate of drug-likeness (QED) is 0.404.